The van der Waals surface area contributed by atoms with E-state index in [4.69, 9.17) is 9.94 Å². The summed E-state index contributed by atoms with van der Waals surface area (Å²) >= 11 is 1.14. The lowest BCUT2D eigenvalue weighted by molar-refractivity contribution is -0.117. The smallest absolute Gasteiger partial charge is 0.284 e. The molecule has 0 saturated carbocycles. The highest BCUT2D eigenvalue weighted by atomic mass is 32.2. The van der Waals surface area contributed by atoms with E-state index in [1.165, 1.54) is 31.4 Å². The van der Waals surface area contributed by atoms with E-state index >= 15 is 0 Å². The normalized spacial score (nSPS) is 12.2. The second kappa shape index (κ2) is 10.2. The summed E-state index contributed by atoms with van der Waals surface area (Å²) in [5.74, 6) is -0.712. The van der Waals surface area contributed by atoms with Gasteiger partial charge in [0.15, 0.2) is 0 Å². The number of carbonyl (C=O) groups excluding carboxylic acids is 2. The molecule has 3 aromatic carbocycles. The maximum atomic E-state index is 13.3. The van der Waals surface area contributed by atoms with Crippen LogP contribution in [0.4, 0.5) is 5.69 Å². The maximum absolute atomic E-state index is 13.3. The van der Waals surface area contributed by atoms with Crippen molar-refractivity contribution in [3.8, 4) is 5.75 Å². The SMILES string of the molecule is COc1ccc(S(=O)(=O)NC(C(=O)Nc2ccc3cc(C(=O)NO)sc3c2)c2ccccc2)cc1. The minimum atomic E-state index is -4.05. The van der Waals surface area contributed by atoms with Gasteiger partial charge in [-0.3, -0.25) is 14.8 Å². The topological polar surface area (TPSA) is 134 Å². The number of hydroxylamine groups is 1. The quantitative estimate of drug-likeness (QED) is 0.211. The number of ether oxygens (including phenoxy) is 1. The van der Waals surface area contributed by atoms with Gasteiger partial charge in [-0.2, -0.15) is 4.72 Å². The number of sulfonamides is 1. The minimum Gasteiger partial charge on any atom is -0.497 e. The van der Waals surface area contributed by atoms with Crippen LogP contribution >= 0.6 is 11.3 Å². The van der Waals surface area contributed by atoms with Gasteiger partial charge in [0.1, 0.15) is 11.8 Å². The number of benzene rings is 3. The predicted molar refractivity (Wildman–Crippen MR) is 132 cm³/mol. The summed E-state index contributed by atoms with van der Waals surface area (Å²) in [5, 5.41) is 12.3. The third kappa shape index (κ3) is 5.49. The fourth-order valence-corrected chi connectivity index (χ4v) is 5.56. The Kier molecular flexibility index (Phi) is 7.12. The van der Waals surface area contributed by atoms with Gasteiger partial charge in [0, 0.05) is 10.4 Å². The molecule has 0 aliphatic carbocycles. The number of thiophene rings is 1. The summed E-state index contributed by atoms with van der Waals surface area (Å²) in [6.07, 6.45) is 0. The van der Waals surface area contributed by atoms with E-state index in [1.807, 2.05) is 0 Å². The largest absolute Gasteiger partial charge is 0.497 e. The van der Waals surface area contributed by atoms with Gasteiger partial charge in [-0.05, 0) is 53.4 Å². The number of fused-ring (bicyclic) bond motifs is 1. The van der Waals surface area contributed by atoms with Crippen LogP contribution in [0.2, 0.25) is 0 Å². The van der Waals surface area contributed by atoms with E-state index in [2.05, 4.69) is 10.0 Å². The van der Waals surface area contributed by atoms with Gasteiger partial charge in [-0.15, -0.1) is 11.3 Å². The van der Waals surface area contributed by atoms with Crippen LogP contribution in [0, 0.1) is 0 Å². The van der Waals surface area contributed by atoms with Crippen LogP contribution in [-0.4, -0.2) is 32.5 Å². The van der Waals surface area contributed by atoms with Crippen LogP contribution in [0.5, 0.6) is 5.75 Å². The molecular weight excluding hydrogens is 490 g/mol. The van der Waals surface area contributed by atoms with E-state index in [0.717, 1.165) is 16.7 Å². The van der Waals surface area contributed by atoms with Crippen LogP contribution in [0.15, 0.2) is 83.8 Å². The first-order chi connectivity index (χ1) is 16.8. The van der Waals surface area contributed by atoms with Crippen molar-refractivity contribution in [2.45, 2.75) is 10.9 Å². The molecule has 1 atom stereocenters. The lowest BCUT2D eigenvalue weighted by Gasteiger charge is -2.19. The summed E-state index contributed by atoms with van der Waals surface area (Å²) in [4.78, 5) is 25.2. The molecule has 0 bridgehead atoms. The predicted octanol–water partition coefficient (Wildman–Crippen LogP) is 3.69. The van der Waals surface area contributed by atoms with Gasteiger partial charge < -0.3 is 10.1 Å². The van der Waals surface area contributed by atoms with Crippen LogP contribution in [0.1, 0.15) is 21.3 Å². The highest BCUT2D eigenvalue weighted by molar-refractivity contribution is 7.89. The number of methoxy groups -OCH3 is 1. The average molecular weight is 512 g/mol. The molecular formula is C24H21N3O6S2. The number of nitrogens with one attached hydrogen (secondary N) is 3. The lowest BCUT2D eigenvalue weighted by atomic mass is 10.1. The number of amides is 2. The second-order valence-corrected chi connectivity index (χ2v) is 10.2. The van der Waals surface area contributed by atoms with Gasteiger partial charge in [0.05, 0.1) is 16.9 Å². The molecule has 1 unspecified atom stereocenters. The zero-order valence-electron chi connectivity index (χ0n) is 18.4. The van der Waals surface area contributed by atoms with E-state index < -0.39 is 27.9 Å². The monoisotopic (exact) mass is 511 g/mol. The van der Waals surface area contributed by atoms with E-state index in [1.54, 1.807) is 60.1 Å². The summed E-state index contributed by atoms with van der Waals surface area (Å²) in [5.41, 5.74) is 2.47. The molecule has 0 spiro atoms. The van der Waals surface area contributed by atoms with E-state index in [9.17, 15) is 18.0 Å². The molecule has 11 heteroatoms. The number of anilines is 1. The van der Waals surface area contributed by atoms with Gasteiger partial charge in [-0.25, -0.2) is 13.9 Å². The highest BCUT2D eigenvalue weighted by Crippen LogP contribution is 2.29. The summed E-state index contributed by atoms with van der Waals surface area (Å²) < 4.78 is 34.4. The Morgan fingerprint density at radius 1 is 0.971 bits per heavy atom. The number of carbonyl (C=O) groups is 2. The van der Waals surface area contributed by atoms with Crippen molar-refractivity contribution in [3.05, 3.63) is 89.3 Å². The molecule has 9 nitrogen and oxygen atoms in total. The molecule has 1 aromatic heterocycles. The molecule has 4 aromatic rings. The molecule has 4 rings (SSSR count). The molecule has 0 aliphatic heterocycles. The van der Waals surface area contributed by atoms with Crippen molar-refractivity contribution >= 4 is 48.9 Å². The summed E-state index contributed by atoms with van der Waals surface area (Å²) in [7, 11) is -2.57. The fourth-order valence-electron chi connectivity index (χ4n) is 3.39. The highest BCUT2D eigenvalue weighted by Gasteiger charge is 2.27. The third-order valence-electron chi connectivity index (χ3n) is 5.15. The number of hydrogen-bond acceptors (Lipinski definition) is 7. The third-order valence-corrected chi connectivity index (χ3v) is 7.69. The zero-order valence-corrected chi connectivity index (χ0v) is 20.0. The maximum Gasteiger partial charge on any atom is 0.284 e. The minimum absolute atomic E-state index is 0.0123. The first-order valence-corrected chi connectivity index (χ1v) is 12.6. The molecule has 0 aliphatic rings. The molecule has 4 N–H and O–H groups in total. The molecule has 2 amide bonds. The van der Waals surface area contributed by atoms with E-state index in [-0.39, 0.29) is 4.90 Å². The Labute approximate surface area is 205 Å². The van der Waals surface area contributed by atoms with Gasteiger partial charge in [0.25, 0.3) is 5.91 Å². The average Bonchev–Trinajstić information content (AvgIpc) is 3.31. The number of hydrogen-bond donors (Lipinski definition) is 4. The van der Waals surface area contributed by atoms with Crippen molar-refractivity contribution in [2.24, 2.45) is 0 Å². The first kappa shape index (κ1) is 24.4. The van der Waals surface area contributed by atoms with E-state index in [0.29, 0.717) is 26.6 Å². The van der Waals surface area contributed by atoms with Crippen LogP contribution < -0.4 is 20.3 Å². The Hall–Kier alpha value is -3.77. The zero-order chi connectivity index (χ0) is 25.0. The van der Waals surface area contributed by atoms with Gasteiger partial charge in [0.2, 0.25) is 15.9 Å². The Morgan fingerprint density at radius 3 is 2.34 bits per heavy atom. The summed E-state index contributed by atoms with van der Waals surface area (Å²) in [6, 6.07) is 19.8. The Bertz CT molecular complexity index is 1470. The van der Waals surface area contributed by atoms with Crippen molar-refractivity contribution in [2.75, 3.05) is 12.4 Å². The van der Waals surface area contributed by atoms with Gasteiger partial charge >= 0.3 is 0 Å². The summed E-state index contributed by atoms with van der Waals surface area (Å²) in [6.45, 7) is 0. The van der Waals surface area contributed by atoms with Crippen LogP contribution in [0.25, 0.3) is 10.1 Å². The second-order valence-electron chi connectivity index (χ2n) is 7.43. The Morgan fingerprint density at radius 2 is 1.69 bits per heavy atom. The van der Waals surface area contributed by atoms with Crippen LogP contribution in [-0.2, 0) is 14.8 Å². The molecule has 1 heterocycles. The Balaban J connectivity index is 1.61. The lowest BCUT2D eigenvalue weighted by Crippen LogP contribution is -2.37. The van der Waals surface area contributed by atoms with Crippen molar-refractivity contribution < 1.29 is 28.0 Å². The van der Waals surface area contributed by atoms with Gasteiger partial charge in [-0.1, -0.05) is 36.4 Å². The molecule has 0 fully saturated rings. The number of rotatable bonds is 8. The first-order valence-electron chi connectivity index (χ1n) is 10.3. The fraction of sp³-hybridized carbons (Fsp3) is 0.0833. The molecule has 0 radical (unpaired) electrons. The molecule has 35 heavy (non-hydrogen) atoms. The molecule has 0 saturated heterocycles. The standard InChI is InChI=1S/C24H21N3O6S2/c1-33-18-9-11-19(12-10-18)35(31,32)27-22(15-5-3-2-4-6-15)24(29)25-17-8-7-16-13-21(23(28)26-30)34-20(16)14-17/h2-14,22,27,30H,1H3,(H,25,29)(H,26,28). The molecule has 180 valence electrons. The van der Waals surface area contributed by atoms with Crippen molar-refractivity contribution in [1.29, 1.82) is 0 Å². The van der Waals surface area contributed by atoms with Crippen LogP contribution in [0.3, 0.4) is 0 Å². The van der Waals surface area contributed by atoms with Crippen molar-refractivity contribution in [1.82, 2.24) is 10.2 Å². The van der Waals surface area contributed by atoms with Crippen molar-refractivity contribution in [3.63, 3.8) is 0 Å².